The van der Waals surface area contributed by atoms with E-state index in [1.54, 1.807) is 36.5 Å². The number of halogens is 1. The molecule has 0 aliphatic carbocycles. The Hall–Kier alpha value is -3.44. The number of aliphatic hydroxyl groups is 1. The minimum atomic E-state index is -0.756. The van der Waals surface area contributed by atoms with E-state index in [-0.39, 0.29) is 18.0 Å². The number of carbonyl (C=O) groups is 1. The fraction of sp³-hybridized carbons (Fsp3) is 0.292. The largest absolute Gasteiger partial charge is 0.491 e. The molecule has 0 bridgehead atoms. The molecule has 1 aliphatic heterocycles. The summed E-state index contributed by atoms with van der Waals surface area (Å²) in [5.41, 5.74) is 9.15. The van der Waals surface area contributed by atoms with Crippen LogP contribution in [0, 0.1) is 5.82 Å². The van der Waals surface area contributed by atoms with Crippen LogP contribution in [0.25, 0.3) is 16.8 Å². The first-order valence-corrected chi connectivity index (χ1v) is 10.9. The summed E-state index contributed by atoms with van der Waals surface area (Å²) in [5.74, 6) is -0.641. The second-order valence-electron chi connectivity index (χ2n) is 7.99. The number of anilines is 1. The molecule has 1 atom stereocenters. The van der Waals surface area contributed by atoms with Gasteiger partial charge in [-0.1, -0.05) is 18.2 Å². The summed E-state index contributed by atoms with van der Waals surface area (Å²) >= 11 is 0. The highest BCUT2D eigenvalue weighted by molar-refractivity contribution is 6.05. The topological polar surface area (TPSA) is 122 Å². The Morgan fingerprint density at radius 3 is 2.59 bits per heavy atom. The minimum Gasteiger partial charge on any atom is -0.491 e. The van der Waals surface area contributed by atoms with E-state index in [9.17, 15) is 19.5 Å². The fourth-order valence-electron chi connectivity index (χ4n) is 3.97. The lowest BCUT2D eigenvalue weighted by molar-refractivity contribution is 0.00465. The molecule has 1 fully saturated rings. The molecule has 1 aromatic heterocycles. The van der Waals surface area contributed by atoms with Crippen molar-refractivity contribution in [2.75, 3.05) is 44.9 Å². The molecule has 1 saturated heterocycles. The van der Waals surface area contributed by atoms with Crippen LogP contribution in [0.15, 0.2) is 54.7 Å². The van der Waals surface area contributed by atoms with Crippen LogP contribution in [0.1, 0.15) is 10.4 Å². The lowest BCUT2D eigenvalue weighted by atomic mass is 10.0. The number of β-amino-alcohol motifs (C(OH)–C–C–N with tert-alkyl or cyclic N) is 1. The van der Waals surface area contributed by atoms with Crippen molar-refractivity contribution < 1.29 is 29.0 Å². The summed E-state index contributed by atoms with van der Waals surface area (Å²) in [6.07, 6.45) is 0.952. The summed E-state index contributed by atoms with van der Waals surface area (Å²) in [6.45, 7) is 3.54. The zero-order valence-electron chi connectivity index (χ0n) is 18.5. The Bertz CT molecular complexity index is 1130. The molecule has 4 rings (SSSR count). The Balaban J connectivity index is 1.52. The maximum Gasteiger partial charge on any atom is 0.253 e. The molecule has 0 radical (unpaired) electrons. The molecule has 1 aliphatic rings. The van der Waals surface area contributed by atoms with Crippen molar-refractivity contribution in [1.29, 1.82) is 0 Å². The molecule has 1 amide bonds. The molecule has 3 aromatic rings. The van der Waals surface area contributed by atoms with Crippen molar-refractivity contribution in [1.82, 2.24) is 9.47 Å². The van der Waals surface area contributed by atoms with Gasteiger partial charge in [-0.25, -0.2) is 4.39 Å². The fourth-order valence-corrected chi connectivity index (χ4v) is 3.97. The second kappa shape index (κ2) is 10.7. The molecular formula is C24H27FN4O5. The molecule has 2 heterocycles. The number of amides is 1. The number of primary amides is 1. The number of carbonyl (C=O) groups excluding carboxylic acids is 1. The predicted molar refractivity (Wildman–Crippen MR) is 124 cm³/mol. The van der Waals surface area contributed by atoms with Crippen molar-refractivity contribution in [3.8, 4) is 22.6 Å². The number of aromatic nitrogens is 1. The van der Waals surface area contributed by atoms with Gasteiger partial charge in [0.1, 0.15) is 30.1 Å². The number of aliphatic hydroxyl groups excluding tert-OH is 1. The Morgan fingerprint density at radius 1 is 1.21 bits per heavy atom. The first-order valence-electron chi connectivity index (χ1n) is 10.9. The van der Waals surface area contributed by atoms with Gasteiger partial charge in [-0.15, -0.1) is 0 Å². The highest BCUT2D eigenvalue weighted by Crippen LogP contribution is 2.34. The van der Waals surface area contributed by atoms with Crippen LogP contribution in [0.3, 0.4) is 0 Å². The highest BCUT2D eigenvalue weighted by Gasteiger charge is 2.22. The van der Waals surface area contributed by atoms with E-state index in [4.69, 9.17) is 15.2 Å². The van der Waals surface area contributed by atoms with E-state index in [2.05, 4.69) is 4.90 Å². The summed E-state index contributed by atoms with van der Waals surface area (Å²) < 4.78 is 26.2. The lowest BCUT2D eigenvalue weighted by Gasteiger charge is -2.28. The number of nitrogens with two attached hydrogens (primary N) is 1. The molecule has 2 aromatic carbocycles. The van der Waals surface area contributed by atoms with Crippen molar-refractivity contribution in [2.24, 2.45) is 5.73 Å². The molecule has 0 saturated carbocycles. The number of nitrogens with one attached hydrogen (secondary N) is 1. The minimum absolute atomic E-state index is 0.0275. The van der Waals surface area contributed by atoms with Gasteiger partial charge in [0.25, 0.3) is 5.91 Å². The van der Waals surface area contributed by atoms with Crippen LogP contribution in [-0.2, 0) is 4.74 Å². The van der Waals surface area contributed by atoms with Crippen molar-refractivity contribution >= 4 is 11.7 Å². The molecular weight excluding hydrogens is 443 g/mol. The third-order valence-electron chi connectivity index (χ3n) is 5.62. The van der Waals surface area contributed by atoms with Gasteiger partial charge < -0.3 is 24.9 Å². The van der Waals surface area contributed by atoms with Gasteiger partial charge in [-0.3, -0.25) is 20.4 Å². The number of hydrogen-bond donors (Lipinski definition) is 4. The average Bonchev–Trinajstić information content (AvgIpc) is 3.24. The van der Waals surface area contributed by atoms with E-state index in [1.165, 1.54) is 22.8 Å². The first-order chi connectivity index (χ1) is 16.5. The van der Waals surface area contributed by atoms with Gasteiger partial charge in [0, 0.05) is 37.1 Å². The third kappa shape index (κ3) is 5.37. The number of hydrogen-bond acceptors (Lipinski definition) is 7. The first kappa shape index (κ1) is 23.7. The van der Waals surface area contributed by atoms with Gasteiger partial charge in [0.05, 0.1) is 18.8 Å². The lowest BCUT2D eigenvalue weighted by Crippen LogP contribution is -2.42. The van der Waals surface area contributed by atoms with E-state index >= 15 is 0 Å². The number of nitrogens with zero attached hydrogens (tertiary/aromatic N) is 2. The SMILES string of the molecule is NC(=O)c1c(-c2ccc(OCC(O)CN3CCOCC3)cc2)cn(-c2cccc(F)c2)c1NO. The zero-order valence-corrected chi connectivity index (χ0v) is 18.5. The number of benzene rings is 2. The van der Waals surface area contributed by atoms with Crippen LogP contribution in [0.2, 0.25) is 0 Å². The van der Waals surface area contributed by atoms with Crippen LogP contribution in [0.4, 0.5) is 10.2 Å². The number of ether oxygens (including phenoxy) is 2. The standard InChI is InChI=1S/C24H27FN4O5/c25-17-2-1-3-18(12-17)29-14-21(22(23(26)31)24(29)27-32)16-4-6-20(7-5-16)34-15-19(30)13-28-8-10-33-11-9-28/h1-7,12,14,19,27,30,32H,8-11,13,15H2,(H2,26,31). The monoisotopic (exact) mass is 470 g/mol. The Labute approximate surface area is 196 Å². The van der Waals surface area contributed by atoms with Gasteiger partial charge in [-0.2, -0.15) is 0 Å². The quantitative estimate of drug-likeness (QED) is 0.354. The van der Waals surface area contributed by atoms with E-state index in [1.807, 2.05) is 5.48 Å². The Kier molecular flexibility index (Phi) is 7.43. The smallest absolute Gasteiger partial charge is 0.253 e. The molecule has 1 unspecified atom stereocenters. The van der Waals surface area contributed by atoms with E-state index in [0.717, 1.165) is 13.1 Å². The van der Waals surface area contributed by atoms with Gasteiger partial charge >= 0.3 is 0 Å². The van der Waals surface area contributed by atoms with E-state index in [0.29, 0.717) is 42.3 Å². The molecule has 0 spiro atoms. The van der Waals surface area contributed by atoms with Crippen LogP contribution in [-0.4, -0.2) is 71.2 Å². The second-order valence-corrected chi connectivity index (χ2v) is 7.99. The van der Waals surface area contributed by atoms with Gasteiger partial charge in [0.15, 0.2) is 0 Å². The van der Waals surface area contributed by atoms with Crippen LogP contribution < -0.4 is 16.0 Å². The number of morpholine rings is 1. The molecule has 9 nitrogen and oxygen atoms in total. The van der Waals surface area contributed by atoms with Crippen molar-refractivity contribution in [3.63, 3.8) is 0 Å². The molecule has 10 heteroatoms. The van der Waals surface area contributed by atoms with Gasteiger partial charge in [0.2, 0.25) is 0 Å². The molecule has 34 heavy (non-hydrogen) atoms. The third-order valence-corrected chi connectivity index (χ3v) is 5.62. The summed E-state index contributed by atoms with van der Waals surface area (Å²) in [5, 5.41) is 20.0. The number of rotatable bonds is 9. The van der Waals surface area contributed by atoms with Crippen molar-refractivity contribution in [2.45, 2.75) is 6.10 Å². The van der Waals surface area contributed by atoms with E-state index < -0.39 is 17.8 Å². The average molecular weight is 471 g/mol. The maximum absolute atomic E-state index is 13.8. The summed E-state index contributed by atoms with van der Waals surface area (Å²) in [6, 6.07) is 12.6. The Morgan fingerprint density at radius 2 is 1.94 bits per heavy atom. The van der Waals surface area contributed by atoms with Crippen LogP contribution in [0.5, 0.6) is 5.75 Å². The van der Waals surface area contributed by atoms with Gasteiger partial charge in [-0.05, 0) is 35.9 Å². The summed E-state index contributed by atoms with van der Waals surface area (Å²) in [4.78, 5) is 14.3. The predicted octanol–water partition coefficient (Wildman–Crippen LogP) is 2.26. The van der Waals surface area contributed by atoms with Crippen molar-refractivity contribution in [3.05, 3.63) is 66.1 Å². The highest BCUT2D eigenvalue weighted by atomic mass is 19.1. The normalized spacial score (nSPS) is 15.1. The zero-order chi connectivity index (χ0) is 24.1. The van der Waals surface area contributed by atoms with Crippen LogP contribution >= 0.6 is 0 Å². The maximum atomic E-state index is 13.8. The molecule has 180 valence electrons. The summed E-state index contributed by atoms with van der Waals surface area (Å²) in [7, 11) is 0. The molecule has 5 N–H and O–H groups in total.